The highest BCUT2D eigenvalue weighted by Gasteiger charge is 2.15. The molecule has 0 aliphatic rings. The van der Waals surface area contributed by atoms with Crippen LogP contribution in [0.25, 0.3) is 0 Å². The molecule has 1 N–H and O–H groups in total. The number of nitrogens with zero attached hydrogens (tertiary/aromatic N) is 2. The second-order valence-electron chi connectivity index (χ2n) is 7.19. The van der Waals surface area contributed by atoms with Gasteiger partial charge in [0.05, 0.1) is 12.8 Å². The predicted octanol–water partition coefficient (Wildman–Crippen LogP) is 5.05. The number of hydrogen-bond donors (Lipinski definition) is 1. The number of nitrogens with one attached hydrogen (secondary N) is 1. The number of carbonyl (C=O) groups excluding carboxylic acids is 1. The summed E-state index contributed by atoms with van der Waals surface area (Å²) in [7, 11) is 1.54. The Balaban J connectivity index is 1.86. The molecule has 3 rings (SSSR count). The topological polar surface area (TPSA) is 65.4 Å². The number of rotatable bonds is 8. The molecule has 0 unspecified atom stereocenters. The molecule has 0 saturated carbocycles. The molecule has 0 aromatic heterocycles. The van der Waals surface area contributed by atoms with E-state index in [9.17, 15) is 10.1 Å². The zero-order valence-electron chi connectivity index (χ0n) is 17.7. The van der Waals surface area contributed by atoms with Crippen molar-refractivity contribution in [2.45, 2.75) is 20.0 Å². The first kappa shape index (κ1) is 21.7. The Morgan fingerprint density at radius 3 is 2.10 bits per heavy atom. The second-order valence-corrected chi connectivity index (χ2v) is 7.19. The van der Waals surface area contributed by atoms with Gasteiger partial charge < -0.3 is 15.0 Å². The number of methoxy groups -OCH3 is 1. The summed E-state index contributed by atoms with van der Waals surface area (Å²) in [5.74, 6) is 0.0687. The molecule has 5 nitrogen and oxygen atoms in total. The zero-order chi connectivity index (χ0) is 22.1. The lowest BCUT2D eigenvalue weighted by molar-refractivity contribution is -0.112. The van der Waals surface area contributed by atoms with Gasteiger partial charge >= 0.3 is 0 Å². The van der Waals surface area contributed by atoms with E-state index in [-0.39, 0.29) is 5.57 Å². The van der Waals surface area contributed by atoms with Crippen molar-refractivity contribution >= 4 is 11.6 Å². The minimum absolute atomic E-state index is 0.0235. The lowest BCUT2D eigenvalue weighted by atomic mass is 10.1. The van der Waals surface area contributed by atoms with Crippen LogP contribution in [-0.4, -0.2) is 17.9 Å². The van der Waals surface area contributed by atoms with E-state index in [0.717, 1.165) is 16.7 Å². The van der Waals surface area contributed by atoms with Gasteiger partial charge in [-0.3, -0.25) is 4.79 Å². The summed E-state index contributed by atoms with van der Waals surface area (Å²) in [4.78, 5) is 14.8. The molecule has 3 aromatic rings. The van der Waals surface area contributed by atoms with E-state index in [1.165, 1.54) is 0 Å². The highest BCUT2D eigenvalue weighted by atomic mass is 16.5. The summed E-state index contributed by atoms with van der Waals surface area (Å²) >= 11 is 0. The van der Waals surface area contributed by atoms with Crippen molar-refractivity contribution in [3.63, 3.8) is 0 Å². The molecule has 0 spiro atoms. The van der Waals surface area contributed by atoms with Crippen LogP contribution < -0.4 is 10.1 Å². The standard InChI is InChI=1S/C26H25N3O2/c1-20-13-14-25(31-2)24(15-20)28-26(30)23(16-27)19-29(17-21-9-5-3-6-10-21)18-22-11-7-4-8-12-22/h3-15,19H,17-18H2,1-2H3,(H,28,30)/b23-19-. The molecule has 0 bridgehead atoms. The number of amides is 1. The summed E-state index contributed by atoms with van der Waals surface area (Å²) in [6, 6.07) is 27.5. The molecule has 0 radical (unpaired) electrons. The molecule has 0 fully saturated rings. The number of ether oxygens (including phenoxy) is 1. The van der Waals surface area contributed by atoms with Gasteiger partial charge in [-0.1, -0.05) is 66.7 Å². The molecule has 5 heteroatoms. The van der Waals surface area contributed by atoms with E-state index in [1.807, 2.05) is 90.7 Å². The number of anilines is 1. The third-order valence-electron chi connectivity index (χ3n) is 4.74. The minimum Gasteiger partial charge on any atom is -0.495 e. The van der Waals surface area contributed by atoms with Gasteiger partial charge in [0, 0.05) is 19.3 Å². The number of benzene rings is 3. The molecule has 1 amide bonds. The molecule has 3 aromatic carbocycles. The summed E-state index contributed by atoms with van der Waals surface area (Å²) in [6.45, 7) is 3.07. The second kappa shape index (κ2) is 10.7. The van der Waals surface area contributed by atoms with Gasteiger partial charge in [-0.2, -0.15) is 5.26 Å². The summed E-state index contributed by atoms with van der Waals surface area (Å²) in [5, 5.41) is 12.5. The van der Waals surface area contributed by atoms with Crippen LogP contribution in [0.4, 0.5) is 5.69 Å². The Hall–Kier alpha value is -4.04. The fourth-order valence-corrected chi connectivity index (χ4v) is 3.21. The first-order valence-electron chi connectivity index (χ1n) is 9.99. The molecule has 156 valence electrons. The third kappa shape index (κ3) is 6.22. The Kier molecular flexibility index (Phi) is 7.45. The monoisotopic (exact) mass is 411 g/mol. The SMILES string of the molecule is COc1ccc(C)cc1NC(=O)/C(C#N)=C\N(Cc1ccccc1)Cc1ccccc1. The predicted molar refractivity (Wildman–Crippen MR) is 122 cm³/mol. The fraction of sp³-hybridized carbons (Fsp3) is 0.154. The fourth-order valence-electron chi connectivity index (χ4n) is 3.21. The Labute approximate surface area is 183 Å². The number of nitriles is 1. The number of carbonyl (C=O) groups is 1. The molecule has 0 aliphatic carbocycles. The Bertz CT molecular complexity index is 1050. The van der Waals surface area contributed by atoms with Crippen molar-refractivity contribution in [1.29, 1.82) is 5.26 Å². The van der Waals surface area contributed by atoms with Crippen molar-refractivity contribution < 1.29 is 9.53 Å². The zero-order valence-corrected chi connectivity index (χ0v) is 17.7. The van der Waals surface area contributed by atoms with Crippen LogP contribution in [0.1, 0.15) is 16.7 Å². The number of aryl methyl sites for hydroxylation is 1. The average molecular weight is 412 g/mol. The van der Waals surface area contributed by atoms with Crippen LogP contribution in [0, 0.1) is 18.3 Å². The molecule has 0 saturated heterocycles. The maximum absolute atomic E-state index is 12.9. The van der Waals surface area contributed by atoms with E-state index in [2.05, 4.69) is 5.32 Å². The third-order valence-corrected chi connectivity index (χ3v) is 4.74. The van der Waals surface area contributed by atoms with E-state index >= 15 is 0 Å². The lowest BCUT2D eigenvalue weighted by Gasteiger charge is -2.21. The molecule has 31 heavy (non-hydrogen) atoms. The van der Waals surface area contributed by atoms with Gasteiger partial charge in [0.25, 0.3) is 5.91 Å². The van der Waals surface area contributed by atoms with Gasteiger partial charge in [0.2, 0.25) is 0 Å². The average Bonchev–Trinajstić information content (AvgIpc) is 2.79. The number of hydrogen-bond acceptors (Lipinski definition) is 4. The van der Waals surface area contributed by atoms with Crippen LogP contribution >= 0.6 is 0 Å². The maximum atomic E-state index is 12.9. The molecule has 0 aliphatic heterocycles. The summed E-state index contributed by atoms with van der Waals surface area (Å²) in [5.41, 5.74) is 3.72. The van der Waals surface area contributed by atoms with Crippen LogP contribution in [0.3, 0.4) is 0 Å². The van der Waals surface area contributed by atoms with Crippen molar-refractivity contribution in [3.05, 3.63) is 107 Å². The largest absolute Gasteiger partial charge is 0.495 e. The smallest absolute Gasteiger partial charge is 0.267 e. The van der Waals surface area contributed by atoms with Gasteiger partial charge in [-0.05, 0) is 35.7 Å². The molecule has 0 atom stereocenters. The van der Waals surface area contributed by atoms with E-state index in [0.29, 0.717) is 24.5 Å². The van der Waals surface area contributed by atoms with Gasteiger partial charge in [-0.15, -0.1) is 0 Å². The van der Waals surface area contributed by atoms with Crippen LogP contribution in [0.15, 0.2) is 90.6 Å². The van der Waals surface area contributed by atoms with E-state index in [1.54, 1.807) is 19.4 Å². The van der Waals surface area contributed by atoms with E-state index < -0.39 is 5.91 Å². The first-order chi connectivity index (χ1) is 15.1. The van der Waals surface area contributed by atoms with Gasteiger partial charge in [-0.25, -0.2) is 0 Å². The molecule has 0 heterocycles. The maximum Gasteiger partial charge on any atom is 0.267 e. The normalized spacial score (nSPS) is 10.8. The van der Waals surface area contributed by atoms with Crippen molar-refractivity contribution in [2.24, 2.45) is 0 Å². The minimum atomic E-state index is -0.475. The van der Waals surface area contributed by atoms with Crippen LogP contribution in [-0.2, 0) is 17.9 Å². The van der Waals surface area contributed by atoms with Crippen molar-refractivity contribution in [3.8, 4) is 11.8 Å². The Morgan fingerprint density at radius 1 is 1.00 bits per heavy atom. The highest BCUT2D eigenvalue weighted by Crippen LogP contribution is 2.25. The Morgan fingerprint density at radius 2 is 1.58 bits per heavy atom. The van der Waals surface area contributed by atoms with Gasteiger partial charge in [0.1, 0.15) is 17.4 Å². The molecular weight excluding hydrogens is 386 g/mol. The molecular formula is C26H25N3O2. The highest BCUT2D eigenvalue weighted by molar-refractivity contribution is 6.07. The van der Waals surface area contributed by atoms with E-state index in [4.69, 9.17) is 4.74 Å². The quantitative estimate of drug-likeness (QED) is 0.416. The summed E-state index contributed by atoms with van der Waals surface area (Å²) < 4.78 is 5.33. The van der Waals surface area contributed by atoms with Gasteiger partial charge in [0.15, 0.2) is 0 Å². The first-order valence-corrected chi connectivity index (χ1v) is 9.99. The van der Waals surface area contributed by atoms with Crippen molar-refractivity contribution in [2.75, 3.05) is 12.4 Å². The van der Waals surface area contributed by atoms with Crippen LogP contribution in [0.2, 0.25) is 0 Å². The van der Waals surface area contributed by atoms with Crippen molar-refractivity contribution in [1.82, 2.24) is 4.90 Å². The summed E-state index contributed by atoms with van der Waals surface area (Å²) in [6.07, 6.45) is 1.62. The lowest BCUT2D eigenvalue weighted by Crippen LogP contribution is -2.21. The van der Waals surface area contributed by atoms with Crippen LogP contribution in [0.5, 0.6) is 5.75 Å².